The minimum Gasteiger partial charge on any atom is -0.507 e. The minimum absolute atomic E-state index is 0.0126. The Balaban J connectivity index is 1.45. The zero-order valence-corrected chi connectivity index (χ0v) is 43.8. The van der Waals surface area contributed by atoms with E-state index in [1.165, 1.54) is 90.6 Å². The molecule has 6 aromatic carbocycles. The fraction of sp³-hybridized carbons (Fsp3) is 0.218. The molecule has 7 rings (SSSR count). The van der Waals surface area contributed by atoms with Crippen molar-refractivity contribution < 1.29 is 106 Å². The number of benzene rings is 6. The van der Waals surface area contributed by atoms with Crippen molar-refractivity contribution in [3.8, 4) is 109 Å². The first-order valence-corrected chi connectivity index (χ1v) is 22.8. The quantitative estimate of drug-likeness (QED) is 0.0424. The van der Waals surface area contributed by atoms with Gasteiger partial charge in [-0.3, -0.25) is 4.79 Å². The maximum atomic E-state index is 14.8. The highest BCUT2D eigenvalue weighted by atomic mass is 16.6. The van der Waals surface area contributed by atoms with Crippen LogP contribution in [-0.4, -0.2) is 106 Å². The summed E-state index contributed by atoms with van der Waals surface area (Å²) in [5.74, 6) is -11.0. The van der Waals surface area contributed by atoms with E-state index >= 15 is 0 Å². The van der Waals surface area contributed by atoms with Crippen molar-refractivity contribution >= 4 is 34.8 Å². The molecular formula is C55H50O23. The molecule has 23 nitrogen and oxygen atoms in total. The van der Waals surface area contributed by atoms with Gasteiger partial charge in [-0.2, -0.15) is 0 Å². The Morgan fingerprint density at radius 3 is 1.10 bits per heavy atom. The first-order chi connectivity index (χ1) is 37.1. The maximum Gasteiger partial charge on any atom is 0.344 e. The largest absolute Gasteiger partial charge is 0.507 e. The van der Waals surface area contributed by atoms with Crippen LogP contribution in [-0.2, 0) is 0 Å². The van der Waals surface area contributed by atoms with E-state index in [1.807, 2.05) is 0 Å². The Morgan fingerprint density at radius 2 is 0.731 bits per heavy atom. The summed E-state index contributed by atoms with van der Waals surface area (Å²) in [6.45, 7) is 5.87. The van der Waals surface area contributed by atoms with E-state index in [0.29, 0.717) is 0 Å². The van der Waals surface area contributed by atoms with Crippen molar-refractivity contribution in [1.29, 1.82) is 0 Å². The van der Waals surface area contributed by atoms with E-state index in [2.05, 4.69) is 0 Å². The lowest BCUT2D eigenvalue weighted by molar-refractivity contribution is 0.0680. The highest BCUT2D eigenvalue weighted by Gasteiger charge is 2.31. The third-order valence-corrected chi connectivity index (χ3v) is 12.3. The molecule has 5 N–H and O–H groups in total. The van der Waals surface area contributed by atoms with Gasteiger partial charge in [0.25, 0.3) is 0 Å². The topological polar surface area (TPSA) is 310 Å². The molecule has 0 atom stereocenters. The Kier molecular flexibility index (Phi) is 15.9. The summed E-state index contributed by atoms with van der Waals surface area (Å²) in [6, 6.07) is 9.42. The minimum atomic E-state index is -1.27. The molecular weight excluding hydrogens is 1030 g/mol. The molecule has 0 saturated heterocycles. The van der Waals surface area contributed by atoms with Crippen molar-refractivity contribution in [3.05, 3.63) is 109 Å². The van der Waals surface area contributed by atoms with Crippen LogP contribution in [0.25, 0.3) is 22.3 Å². The summed E-state index contributed by atoms with van der Waals surface area (Å²) in [5.41, 5.74) is -2.39. The molecule has 7 aromatic rings. The summed E-state index contributed by atoms with van der Waals surface area (Å²) in [7, 11) is 10.2. The van der Waals surface area contributed by atoms with Gasteiger partial charge in [-0.15, -0.1) is 0 Å². The monoisotopic (exact) mass is 1080 g/mol. The van der Waals surface area contributed by atoms with E-state index in [4.69, 9.17) is 61.3 Å². The molecule has 0 amide bonds. The number of phenols is 5. The van der Waals surface area contributed by atoms with Crippen LogP contribution in [0.1, 0.15) is 63.7 Å². The number of hydrogen-bond acceptors (Lipinski definition) is 23. The number of carbonyl (C=O) groups is 4. The second kappa shape index (κ2) is 22.3. The molecule has 0 aliphatic rings. The van der Waals surface area contributed by atoms with E-state index in [0.717, 1.165) is 48.5 Å². The van der Waals surface area contributed by atoms with E-state index in [9.17, 15) is 49.5 Å². The van der Waals surface area contributed by atoms with Crippen LogP contribution in [0, 0.1) is 27.7 Å². The van der Waals surface area contributed by atoms with Crippen LogP contribution in [0.4, 0.5) is 0 Å². The fourth-order valence-corrected chi connectivity index (χ4v) is 8.53. The summed E-state index contributed by atoms with van der Waals surface area (Å²) in [4.78, 5) is 71.1. The molecule has 0 aliphatic carbocycles. The van der Waals surface area contributed by atoms with Crippen molar-refractivity contribution in [2.24, 2.45) is 0 Å². The smallest absolute Gasteiger partial charge is 0.344 e. The van der Waals surface area contributed by atoms with Crippen LogP contribution in [0.2, 0.25) is 0 Å². The predicted molar refractivity (Wildman–Crippen MR) is 273 cm³/mol. The van der Waals surface area contributed by atoms with Crippen molar-refractivity contribution in [2.45, 2.75) is 27.7 Å². The van der Waals surface area contributed by atoms with Gasteiger partial charge in [-0.1, -0.05) is 0 Å². The van der Waals surface area contributed by atoms with Gasteiger partial charge < -0.3 is 86.8 Å². The Labute approximate surface area is 442 Å². The lowest BCUT2D eigenvalue weighted by Crippen LogP contribution is -2.18. The Morgan fingerprint density at radius 1 is 0.385 bits per heavy atom. The molecule has 78 heavy (non-hydrogen) atoms. The second-order valence-electron chi connectivity index (χ2n) is 16.7. The van der Waals surface area contributed by atoms with E-state index < -0.39 is 97.8 Å². The normalized spacial score (nSPS) is 10.8. The third kappa shape index (κ3) is 9.93. The van der Waals surface area contributed by atoms with Crippen molar-refractivity contribution in [2.75, 3.05) is 56.9 Å². The third-order valence-electron chi connectivity index (χ3n) is 12.3. The van der Waals surface area contributed by atoms with Crippen molar-refractivity contribution in [3.63, 3.8) is 0 Å². The number of hydrogen-bond donors (Lipinski definition) is 5. The van der Waals surface area contributed by atoms with Crippen molar-refractivity contribution in [1.82, 2.24) is 0 Å². The summed E-state index contributed by atoms with van der Waals surface area (Å²) >= 11 is 0. The number of aromatic hydroxyl groups is 5. The standard InChI is InChI=1S/C55H50O23/c1-22-28(18-33(57)47(70-9)42(22)66-5)52(62)74-27-16-32(56)40-39(17-27)75-46(51(41(40)61)78-55(65)31-21-36(60)50(73-12)45(69-8)25(31)4)26-13-14-37(76-53(63)29-19-34(58)48(71-10)43(67-6)23(29)2)38(15-26)77-54(64)30-20-35(59)49(72-11)44(68-7)24(30)3/h13-21,56-60H,1-12H3. The van der Waals surface area contributed by atoms with Gasteiger partial charge in [0.2, 0.25) is 34.2 Å². The first-order valence-electron chi connectivity index (χ1n) is 22.8. The summed E-state index contributed by atoms with van der Waals surface area (Å²) in [6.07, 6.45) is 0. The van der Waals surface area contributed by atoms with Gasteiger partial charge in [-0.05, 0) is 70.2 Å². The summed E-state index contributed by atoms with van der Waals surface area (Å²) < 4.78 is 72.0. The van der Waals surface area contributed by atoms with Crippen LogP contribution in [0.5, 0.6) is 97.7 Å². The zero-order chi connectivity index (χ0) is 57.2. The average Bonchev–Trinajstić information content (AvgIpc) is 3.58. The van der Waals surface area contributed by atoms with Gasteiger partial charge in [-0.25, -0.2) is 19.2 Å². The first kappa shape index (κ1) is 55.6. The van der Waals surface area contributed by atoms with Gasteiger partial charge in [0.15, 0.2) is 63.3 Å². The fourth-order valence-electron chi connectivity index (χ4n) is 8.53. The molecule has 1 heterocycles. The molecule has 0 saturated carbocycles. The number of esters is 4. The number of ether oxygens (including phenoxy) is 12. The molecule has 0 bridgehead atoms. The van der Waals surface area contributed by atoms with Gasteiger partial charge in [0, 0.05) is 39.9 Å². The number of rotatable bonds is 17. The highest BCUT2D eigenvalue weighted by molar-refractivity contribution is 6.00. The molecule has 0 unspecified atom stereocenters. The average molecular weight is 1080 g/mol. The number of fused-ring (bicyclic) bond motifs is 1. The van der Waals surface area contributed by atoms with Gasteiger partial charge in [0.05, 0.1) is 79.1 Å². The van der Waals surface area contributed by atoms with Crippen LogP contribution in [0.15, 0.2) is 63.8 Å². The van der Waals surface area contributed by atoms with Gasteiger partial charge >= 0.3 is 23.9 Å². The highest BCUT2D eigenvalue weighted by Crippen LogP contribution is 2.47. The maximum absolute atomic E-state index is 14.8. The lowest BCUT2D eigenvalue weighted by atomic mass is 10.1. The second-order valence-corrected chi connectivity index (χ2v) is 16.7. The van der Waals surface area contributed by atoms with E-state index in [-0.39, 0.29) is 96.1 Å². The lowest BCUT2D eigenvalue weighted by Gasteiger charge is -2.18. The molecule has 1 aromatic heterocycles. The zero-order valence-electron chi connectivity index (χ0n) is 43.8. The SMILES string of the molecule is COc1c(O)cc(C(=O)Oc2cc(O)c3c(=O)c(OC(=O)c4cc(O)c(OC)c(OC)c4C)c(-c4ccc(OC(=O)c5cc(O)c(OC)c(OC)c5C)c(OC(=O)c5cc(O)c(OC)c(OC)c5C)c4)oc3c2)c(C)c1OC. The number of phenolic OH excluding ortho intramolecular Hbond substituents is 5. The number of methoxy groups -OCH3 is 8. The van der Waals surface area contributed by atoms with Gasteiger partial charge in [0.1, 0.15) is 22.5 Å². The van der Waals surface area contributed by atoms with Crippen LogP contribution < -0.4 is 62.3 Å². The Bertz CT molecular complexity index is 3670. The molecule has 0 radical (unpaired) electrons. The van der Waals surface area contributed by atoms with Crippen LogP contribution >= 0.6 is 0 Å². The molecule has 408 valence electrons. The number of carbonyl (C=O) groups excluding carboxylic acids is 4. The molecule has 0 fully saturated rings. The molecule has 0 spiro atoms. The summed E-state index contributed by atoms with van der Waals surface area (Å²) in [5, 5.41) is 54.0. The molecule has 23 heteroatoms. The molecule has 0 aliphatic heterocycles. The van der Waals surface area contributed by atoms with E-state index in [1.54, 1.807) is 0 Å². The van der Waals surface area contributed by atoms with Crippen LogP contribution in [0.3, 0.4) is 0 Å². The predicted octanol–water partition coefficient (Wildman–Crippen LogP) is 8.17. The Hall–Kier alpha value is -10.2.